The average Bonchev–Trinajstić information content (AvgIpc) is 2.71. The van der Waals surface area contributed by atoms with E-state index >= 15 is 0 Å². The molecule has 35 heavy (non-hydrogen) atoms. The van der Waals surface area contributed by atoms with Crippen LogP contribution < -0.4 is 26.6 Å². The van der Waals surface area contributed by atoms with Crippen molar-refractivity contribution in [3.8, 4) is 0 Å². The Balaban J connectivity index is 3.81. The molecule has 0 aromatic rings. The first-order chi connectivity index (χ1) is 16.3. The van der Waals surface area contributed by atoms with Gasteiger partial charge < -0.3 is 26.6 Å². The number of hydrogen-bond acceptors (Lipinski definition) is 12. The molecule has 0 saturated carbocycles. The van der Waals surface area contributed by atoms with Crippen LogP contribution in [0.2, 0.25) is 0 Å². The minimum Gasteiger partial charge on any atom is -0.355 e. The lowest BCUT2D eigenvalue weighted by Gasteiger charge is -2.20. The summed E-state index contributed by atoms with van der Waals surface area (Å²) in [6.07, 6.45) is -0.438. The predicted octanol–water partition coefficient (Wildman–Crippen LogP) is -3.21. The molecule has 3 amide bonds. The van der Waals surface area contributed by atoms with Crippen molar-refractivity contribution in [1.82, 2.24) is 31.5 Å². The van der Waals surface area contributed by atoms with Crippen LogP contribution in [-0.4, -0.2) is 117 Å². The number of nitrogens with one attached hydrogen (secondary N) is 5. The van der Waals surface area contributed by atoms with Gasteiger partial charge in [-0.1, -0.05) is 6.92 Å². The third kappa shape index (κ3) is 24.4. The van der Waals surface area contributed by atoms with E-state index in [1.54, 1.807) is 0 Å². The van der Waals surface area contributed by atoms with Crippen LogP contribution in [0.25, 0.3) is 0 Å². The molecule has 0 spiro atoms. The highest BCUT2D eigenvalue weighted by Crippen LogP contribution is 2.49. The van der Waals surface area contributed by atoms with E-state index < -0.39 is 28.5 Å². The van der Waals surface area contributed by atoms with Crippen molar-refractivity contribution in [2.45, 2.75) is 32.6 Å². The van der Waals surface area contributed by atoms with Gasteiger partial charge in [0.25, 0.3) is 0 Å². The molecule has 0 rings (SSSR count). The van der Waals surface area contributed by atoms with Crippen molar-refractivity contribution >= 4 is 33.6 Å². The van der Waals surface area contributed by atoms with E-state index in [-0.39, 0.29) is 56.6 Å². The molecule has 0 aromatic carbocycles. The smallest absolute Gasteiger partial charge is 0.355 e. The van der Waals surface area contributed by atoms with Crippen LogP contribution >= 0.6 is 15.9 Å². The average molecular weight is 549 g/mol. The third-order valence-corrected chi connectivity index (χ3v) is 5.92. The Hall–Kier alpha value is -1.09. The van der Waals surface area contributed by atoms with E-state index in [0.29, 0.717) is 32.6 Å². The second-order valence-corrected chi connectivity index (χ2v) is 11.2. The summed E-state index contributed by atoms with van der Waals surface area (Å²) in [5.41, 5.74) is 0. The zero-order chi connectivity index (χ0) is 26.7. The minimum absolute atomic E-state index is 0.00373. The monoisotopic (exact) mass is 548 g/mol. The third-order valence-electron chi connectivity index (χ3n) is 4.36. The topological polar surface area (TPSA) is 236 Å². The molecule has 0 atom stereocenters. The van der Waals surface area contributed by atoms with Crippen LogP contribution in [0.5, 0.6) is 0 Å². The van der Waals surface area contributed by atoms with Crippen molar-refractivity contribution < 1.29 is 43.7 Å². The van der Waals surface area contributed by atoms with Crippen molar-refractivity contribution in [1.29, 1.82) is 0 Å². The molecule has 0 heterocycles. The second-order valence-electron chi connectivity index (χ2n) is 7.82. The highest BCUT2D eigenvalue weighted by molar-refractivity contribution is 7.59. The molecule has 0 bridgehead atoms. The van der Waals surface area contributed by atoms with Gasteiger partial charge in [0, 0.05) is 65.1 Å². The second kappa shape index (κ2) is 19.1. The first-order valence-electron chi connectivity index (χ1n) is 11.4. The van der Waals surface area contributed by atoms with Gasteiger partial charge in [0.2, 0.25) is 17.7 Å². The maximum Gasteiger partial charge on any atom is 0.419 e. The summed E-state index contributed by atoms with van der Waals surface area (Å²) in [6, 6.07) is 0. The molecule has 206 valence electrons. The number of rotatable bonds is 21. The van der Waals surface area contributed by atoms with Gasteiger partial charge in [-0.25, -0.2) is 4.90 Å². The van der Waals surface area contributed by atoms with Gasteiger partial charge >= 0.3 is 15.9 Å². The Bertz CT molecular complexity index is 604. The van der Waals surface area contributed by atoms with E-state index in [1.807, 2.05) is 6.92 Å². The first kappa shape index (κ1) is 33.9. The van der Waals surface area contributed by atoms with Gasteiger partial charge in [0.15, 0.2) is 12.6 Å². The number of carbonyl (C=O) groups excluding carboxylic acids is 3. The van der Waals surface area contributed by atoms with Gasteiger partial charge in [-0.2, -0.15) is 29.4 Å². The molecule has 0 aliphatic carbocycles. The van der Waals surface area contributed by atoms with Gasteiger partial charge in [-0.3, -0.25) is 14.4 Å². The lowest BCUT2D eigenvalue weighted by Crippen LogP contribution is -2.37. The van der Waals surface area contributed by atoms with Crippen LogP contribution in [0, 0.1) is 0 Å². The van der Waals surface area contributed by atoms with Gasteiger partial charge in [-0.15, -0.1) is 0 Å². The highest BCUT2D eigenvalue weighted by atomic mass is 31.2. The molecule has 15 nitrogen and oxygen atoms in total. The van der Waals surface area contributed by atoms with Gasteiger partial charge in [0.1, 0.15) is 0 Å². The van der Waals surface area contributed by atoms with Crippen LogP contribution in [0.3, 0.4) is 0 Å². The molecule has 0 fully saturated rings. The zero-order valence-corrected chi connectivity index (χ0v) is 21.9. The van der Waals surface area contributed by atoms with E-state index in [2.05, 4.69) is 26.6 Å². The summed E-state index contributed by atoms with van der Waals surface area (Å²) >= 11 is 0. The van der Waals surface area contributed by atoms with Crippen LogP contribution in [0.1, 0.15) is 32.6 Å². The summed E-state index contributed by atoms with van der Waals surface area (Å²) in [5, 5.41) is 14.2. The maximum absolute atomic E-state index is 11.9. The van der Waals surface area contributed by atoms with E-state index in [1.165, 1.54) is 0 Å². The molecule has 0 aliphatic rings. The van der Waals surface area contributed by atoms with E-state index in [9.17, 15) is 14.4 Å². The fraction of sp³-hybridized carbons (Fsp3) is 0.833. The molecule has 0 aromatic heterocycles. The Morgan fingerprint density at radius 2 is 1.06 bits per heavy atom. The van der Waals surface area contributed by atoms with Crippen molar-refractivity contribution in [3.63, 3.8) is 0 Å². The Morgan fingerprint density at radius 3 is 1.51 bits per heavy atom. The molecule has 17 heteroatoms. The van der Waals surface area contributed by atoms with Gasteiger partial charge in [0.05, 0.1) is 0 Å². The number of hydrogen-bond donors (Lipinski definition) is 11. The molecular weight excluding hydrogens is 506 g/mol. The summed E-state index contributed by atoms with van der Waals surface area (Å²) in [4.78, 5) is 91.1. The Labute approximate surface area is 206 Å². The van der Waals surface area contributed by atoms with Crippen LogP contribution in [0.4, 0.5) is 0 Å². The molecule has 0 saturated heterocycles. The number of amides is 3. The SMILES string of the molecule is CCNCCC(=O)NCCNCCC(=O)NCCNC(=O)CCCN(C[P+](O)(O)O)C[P+](O)(O)O. The fourth-order valence-electron chi connectivity index (χ4n) is 2.85. The lowest BCUT2D eigenvalue weighted by molar-refractivity contribution is -0.122. The highest BCUT2D eigenvalue weighted by Gasteiger charge is 2.40. The fourth-order valence-corrected chi connectivity index (χ4v) is 4.56. The first-order valence-corrected chi connectivity index (χ1v) is 15.1. The molecular formula is C18H42N6O9P2+2. The molecule has 0 radical (unpaired) electrons. The maximum atomic E-state index is 11.9. The standard InChI is InChI=1S/C18H40N6O9P2/c1-2-19-7-5-17(26)21-10-9-20-8-6-18(27)23-12-11-22-16(25)4-3-13-24(14-34(28,29)30)15-35(31,32)33/h19-20,28-33H,2-15H2,1H3,(H-2,21,22,23,25,26,27)/p+2. The minimum atomic E-state index is -4.23. The Morgan fingerprint density at radius 1 is 0.629 bits per heavy atom. The quantitative estimate of drug-likeness (QED) is 0.0502. The van der Waals surface area contributed by atoms with E-state index in [4.69, 9.17) is 29.4 Å². The van der Waals surface area contributed by atoms with Crippen LogP contribution in [0.15, 0.2) is 0 Å². The summed E-state index contributed by atoms with van der Waals surface area (Å²) in [6.45, 7) is 5.33. The predicted molar refractivity (Wildman–Crippen MR) is 133 cm³/mol. The van der Waals surface area contributed by atoms with Crippen molar-refractivity contribution in [2.24, 2.45) is 0 Å². The van der Waals surface area contributed by atoms with E-state index in [0.717, 1.165) is 11.4 Å². The van der Waals surface area contributed by atoms with Crippen molar-refractivity contribution in [3.05, 3.63) is 0 Å². The Kier molecular flexibility index (Phi) is 18.5. The largest absolute Gasteiger partial charge is 0.419 e. The van der Waals surface area contributed by atoms with Crippen molar-refractivity contribution in [2.75, 3.05) is 64.9 Å². The van der Waals surface area contributed by atoms with Gasteiger partial charge in [-0.05, 0) is 13.0 Å². The summed E-state index contributed by atoms with van der Waals surface area (Å²) in [5.74, 6) is -0.549. The molecule has 0 aliphatic heterocycles. The molecule has 0 unspecified atom stereocenters. The summed E-state index contributed by atoms with van der Waals surface area (Å²) < 4.78 is 0. The lowest BCUT2D eigenvalue weighted by atomic mass is 10.3. The molecule has 11 N–H and O–H groups in total. The summed E-state index contributed by atoms with van der Waals surface area (Å²) in [7, 11) is -8.46. The normalized spacial score (nSPS) is 12.0. The van der Waals surface area contributed by atoms with Crippen LogP contribution in [-0.2, 0) is 14.4 Å². The zero-order valence-electron chi connectivity index (χ0n) is 20.1. The number of carbonyl (C=O) groups is 3. The number of nitrogens with zero attached hydrogens (tertiary/aromatic N) is 1.